The van der Waals surface area contributed by atoms with Crippen molar-refractivity contribution < 1.29 is 8.78 Å². The van der Waals surface area contributed by atoms with Crippen molar-refractivity contribution in [2.24, 2.45) is 7.05 Å². The third-order valence-corrected chi connectivity index (χ3v) is 4.55. The van der Waals surface area contributed by atoms with E-state index in [-0.39, 0.29) is 11.3 Å². The topological polar surface area (TPSA) is 42.7 Å². The molecule has 0 aliphatic heterocycles. The van der Waals surface area contributed by atoms with Crippen molar-refractivity contribution >= 4 is 5.57 Å². The zero-order valence-corrected chi connectivity index (χ0v) is 15.7. The average Bonchev–Trinajstić information content (AvgIpc) is 3.08. The lowest BCUT2D eigenvalue weighted by atomic mass is 9.96. The van der Waals surface area contributed by atoms with Gasteiger partial charge in [-0.1, -0.05) is 12.6 Å². The molecule has 0 unspecified atom stereocenters. The van der Waals surface area contributed by atoms with Crippen LogP contribution in [-0.4, -0.2) is 28.4 Å². The quantitative estimate of drug-likeness (QED) is 0.718. The van der Waals surface area contributed by atoms with E-state index in [0.29, 0.717) is 18.5 Å². The fourth-order valence-electron chi connectivity index (χ4n) is 3.00. The van der Waals surface area contributed by atoms with Crippen LogP contribution in [0.15, 0.2) is 43.4 Å². The predicted octanol–water partition coefficient (Wildman–Crippen LogP) is 3.89. The normalized spacial score (nSPS) is 11.0. The first-order valence-corrected chi connectivity index (χ1v) is 8.69. The third kappa shape index (κ3) is 3.80. The van der Waals surface area contributed by atoms with E-state index in [0.717, 1.165) is 22.3 Å². The number of aromatic nitrogens is 3. The summed E-state index contributed by atoms with van der Waals surface area (Å²) >= 11 is 0. The van der Waals surface area contributed by atoms with Crippen LogP contribution in [0.2, 0.25) is 0 Å². The highest BCUT2D eigenvalue weighted by Gasteiger charge is 2.18. The largest absolute Gasteiger partial charge is 0.319 e. The average molecular weight is 368 g/mol. The highest BCUT2D eigenvalue weighted by molar-refractivity contribution is 5.81. The number of rotatable bonds is 6. The van der Waals surface area contributed by atoms with Crippen LogP contribution in [-0.2, 0) is 13.5 Å². The second-order valence-corrected chi connectivity index (χ2v) is 6.51. The first kappa shape index (κ1) is 18.9. The van der Waals surface area contributed by atoms with Crippen LogP contribution in [0.3, 0.4) is 0 Å². The molecule has 3 rings (SSSR count). The monoisotopic (exact) mass is 368 g/mol. The van der Waals surface area contributed by atoms with E-state index >= 15 is 0 Å². The molecule has 0 amide bonds. The minimum absolute atomic E-state index is 0.108. The fraction of sp³-hybridized carbons (Fsp3) is 0.238. The molecule has 0 atom stereocenters. The maximum absolute atomic E-state index is 15.0. The van der Waals surface area contributed by atoms with Crippen molar-refractivity contribution in [1.82, 2.24) is 20.1 Å². The molecule has 0 fully saturated rings. The van der Waals surface area contributed by atoms with Gasteiger partial charge in [0.05, 0.1) is 17.5 Å². The van der Waals surface area contributed by atoms with Gasteiger partial charge in [-0.25, -0.2) is 8.78 Å². The fourth-order valence-corrected chi connectivity index (χ4v) is 3.00. The molecule has 2 aromatic heterocycles. The van der Waals surface area contributed by atoms with Gasteiger partial charge in [-0.05, 0) is 61.3 Å². The summed E-state index contributed by atoms with van der Waals surface area (Å²) in [6, 6.07) is 4.46. The van der Waals surface area contributed by atoms with Gasteiger partial charge in [0.15, 0.2) is 0 Å². The maximum atomic E-state index is 15.0. The Hall–Kier alpha value is -2.86. The van der Waals surface area contributed by atoms with Gasteiger partial charge < -0.3 is 5.32 Å². The van der Waals surface area contributed by atoms with Crippen molar-refractivity contribution in [1.29, 1.82) is 0 Å². The van der Waals surface area contributed by atoms with E-state index in [1.54, 1.807) is 30.2 Å². The minimum Gasteiger partial charge on any atom is -0.319 e. The van der Waals surface area contributed by atoms with Crippen LogP contribution < -0.4 is 5.32 Å². The second kappa shape index (κ2) is 7.80. The minimum atomic E-state index is -0.630. The summed E-state index contributed by atoms with van der Waals surface area (Å²) in [6.45, 7) is 6.63. The molecule has 3 aromatic rings. The Kier molecular flexibility index (Phi) is 5.46. The van der Waals surface area contributed by atoms with Gasteiger partial charge in [0.25, 0.3) is 0 Å². The van der Waals surface area contributed by atoms with E-state index < -0.39 is 11.6 Å². The first-order chi connectivity index (χ1) is 12.9. The van der Waals surface area contributed by atoms with E-state index in [4.69, 9.17) is 0 Å². The second-order valence-electron chi connectivity index (χ2n) is 6.51. The predicted molar refractivity (Wildman–Crippen MR) is 103 cm³/mol. The summed E-state index contributed by atoms with van der Waals surface area (Å²) in [5.74, 6) is -1.20. The number of benzene rings is 1. The molecule has 0 saturated heterocycles. The number of aryl methyl sites for hydroxylation is 2. The van der Waals surface area contributed by atoms with Gasteiger partial charge in [-0.3, -0.25) is 9.67 Å². The summed E-state index contributed by atoms with van der Waals surface area (Å²) in [4.78, 5) is 4.28. The molecule has 1 aromatic carbocycles. The molecule has 0 bridgehead atoms. The smallest absolute Gasteiger partial charge is 0.138 e. The van der Waals surface area contributed by atoms with Crippen LogP contribution in [0.5, 0.6) is 0 Å². The van der Waals surface area contributed by atoms with Gasteiger partial charge in [-0.15, -0.1) is 0 Å². The third-order valence-electron chi connectivity index (χ3n) is 4.55. The van der Waals surface area contributed by atoms with Crippen molar-refractivity contribution in [3.05, 3.63) is 77.3 Å². The molecular formula is C21H22F2N4. The van der Waals surface area contributed by atoms with Crippen LogP contribution in [0.25, 0.3) is 16.8 Å². The zero-order chi connectivity index (χ0) is 19.6. The van der Waals surface area contributed by atoms with Crippen molar-refractivity contribution in [2.75, 3.05) is 13.6 Å². The van der Waals surface area contributed by atoms with Crippen molar-refractivity contribution in [3.8, 4) is 11.3 Å². The number of hydrogen-bond acceptors (Lipinski definition) is 3. The van der Waals surface area contributed by atoms with Crippen LogP contribution >= 0.6 is 0 Å². The van der Waals surface area contributed by atoms with Gasteiger partial charge in [0.1, 0.15) is 11.6 Å². The number of likely N-dealkylation sites (N-methyl/N-ethyl adjacent to an activating group) is 1. The molecule has 1 N–H and O–H groups in total. The van der Waals surface area contributed by atoms with Crippen molar-refractivity contribution in [2.45, 2.75) is 13.3 Å². The summed E-state index contributed by atoms with van der Waals surface area (Å²) in [6.07, 6.45) is 5.64. The lowest BCUT2D eigenvalue weighted by Gasteiger charge is -2.13. The van der Waals surface area contributed by atoms with Crippen LogP contribution in [0.1, 0.15) is 22.3 Å². The summed E-state index contributed by atoms with van der Waals surface area (Å²) in [7, 11) is 3.61. The number of nitrogens with zero attached hydrogens (tertiary/aromatic N) is 3. The number of nitrogens with one attached hydrogen (secondary N) is 1. The number of pyridine rings is 1. The zero-order valence-electron chi connectivity index (χ0n) is 15.7. The molecule has 4 nitrogen and oxygen atoms in total. The molecule has 0 aliphatic rings. The molecule has 2 heterocycles. The standard InChI is InChI=1S/C21H22F2N4/c1-13-10-25-19(9-17(13)14(2)16-11-26-27(4)12-16)20-18(22)6-5-15(21(20)23)7-8-24-3/h5-6,9-12,24H,2,7-8H2,1,3-4H3. The molecule has 0 aliphatic carbocycles. The molecule has 0 saturated carbocycles. The van der Waals surface area contributed by atoms with Gasteiger partial charge in [-0.2, -0.15) is 5.10 Å². The maximum Gasteiger partial charge on any atom is 0.138 e. The number of halogens is 2. The van der Waals surface area contributed by atoms with E-state index in [1.807, 2.05) is 20.2 Å². The van der Waals surface area contributed by atoms with Gasteiger partial charge in [0.2, 0.25) is 0 Å². The highest BCUT2D eigenvalue weighted by atomic mass is 19.1. The molecule has 140 valence electrons. The van der Waals surface area contributed by atoms with E-state index in [9.17, 15) is 8.78 Å². The Balaban J connectivity index is 2.07. The lowest BCUT2D eigenvalue weighted by Crippen LogP contribution is -2.12. The molecule has 27 heavy (non-hydrogen) atoms. The first-order valence-electron chi connectivity index (χ1n) is 8.69. The van der Waals surface area contributed by atoms with Crippen LogP contribution in [0.4, 0.5) is 8.78 Å². The Morgan fingerprint density at radius 2 is 2.04 bits per heavy atom. The van der Waals surface area contributed by atoms with Gasteiger partial charge in [0, 0.05) is 25.0 Å². The summed E-state index contributed by atoms with van der Waals surface area (Å²) in [5.41, 5.74) is 3.84. The molecular weight excluding hydrogens is 346 g/mol. The highest BCUT2D eigenvalue weighted by Crippen LogP contribution is 2.31. The summed E-state index contributed by atoms with van der Waals surface area (Å²) < 4.78 is 31.1. The Labute approximate surface area is 157 Å². The van der Waals surface area contributed by atoms with E-state index in [1.165, 1.54) is 12.1 Å². The lowest BCUT2D eigenvalue weighted by molar-refractivity contribution is 0.575. The van der Waals surface area contributed by atoms with E-state index in [2.05, 4.69) is 22.0 Å². The molecule has 0 spiro atoms. The number of hydrogen-bond donors (Lipinski definition) is 1. The van der Waals surface area contributed by atoms with Gasteiger partial charge >= 0.3 is 0 Å². The Bertz CT molecular complexity index is 992. The molecule has 6 heteroatoms. The van der Waals surface area contributed by atoms with Crippen molar-refractivity contribution in [3.63, 3.8) is 0 Å². The Morgan fingerprint density at radius 1 is 1.26 bits per heavy atom. The Morgan fingerprint density at radius 3 is 2.70 bits per heavy atom. The van der Waals surface area contributed by atoms with Crippen LogP contribution in [0, 0.1) is 18.6 Å². The summed E-state index contributed by atoms with van der Waals surface area (Å²) in [5, 5.41) is 7.13. The SMILES string of the molecule is C=C(c1cnn(C)c1)c1cc(-c2c(F)ccc(CCNC)c2F)ncc1C. The molecule has 0 radical (unpaired) electrons.